The maximum atomic E-state index is 4.21. The highest BCUT2D eigenvalue weighted by Crippen LogP contribution is 2.17. The zero-order valence-electron chi connectivity index (χ0n) is 11.2. The molecule has 0 aliphatic carbocycles. The van der Waals surface area contributed by atoms with Crippen molar-refractivity contribution in [1.29, 1.82) is 0 Å². The van der Waals surface area contributed by atoms with Crippen molar-refractivity contribution >= 4 is 28.7 Å². The summed E-state index contributed by atoms with van der Waals surface area (Å²) in [5.41, 5.74) is 2.27. The first-order valence-electron chi connectivity index (χ1n) is 6.51. The number of aryl methyl sites for hydroxylation is 1. The molecule has 1 N–H and O–H groups in total. The lowest BCUT2D eigenvalue weighted by atomic mass is 10.3. The average Bonchev–Trinajstić information content (AvgIpc) is 3.06. The molecule has 0 atom stereocenters. The van der Waals surface area contributed by atoms with Gasteiger partial charge in [0.2, 0.25) is 0 Å². The molecule has 6 heteroatoms. The molecule has 0 radical (unpaired) electrons. The van der Waals surface area contributed by atoms with E-state index >= 15 is 0 Å². The fraction of sp³-hybridized carbons (Fsp3) is 0.286. The van der Waals surface area contributed by atoms with Crippen LogP contribution in [-0.4, -0.2) is 26.9 Å². The van der Waals surface area contributed by atoms with Crippen LogP contribution in [0.1, 0.15) is 10.4 Å². The Balaban J connectivity index is 1.47. The number of fused-ring (bicyclic) bond motifs is 1. The number of hydrogen-bond acceptors (Lipinski definition) is 5. The zero-order chi connectivity index (χ0) is 13.8. The third kappa shape index (κ3) is 3.03. The minimum atomic E-state index is 0.900. The lowest BCUT2D eigenvalue weighted by molar-refractivity contribution is 0.737. The van der Waals surface area contributed by atoms with Crippen LogP contribution in [0.3, 0.4) is 0 Å². The van der Waals surface area contributed by atoms with Crippen molar-refractivity contribution in [3.05, 3.63) is 46.3 Å². The number of thiophene rings is 1. The third-order valence-electron chi connectivity index (χ3n) is 3.05. The number of thioether (sulfide) groups is 1. The zero-order valence-corrected chi connectivity index (χ0v) is 12.9. The van der Waals surface area contributed by atoms with Gasteiger partial charge in [-0.2, -0.15) is 0 Å². The van der Waals surface area contributed by atoms with Crippen LogP contribution < -0.4 is 5.32 Å². The summed E-state index contributed by atoms with van der Waals surface area (Å²) in [5.74, 6) is 0.986. The summed E-state index contributed by atoms with van der Waals surface area (Å²) >= 11 is 3.54. The summed E-state index contributed by atoms with van der Waals surface area (Å²) in [6.07, 6.45) is 2.00. The SMILES string of the molecule is Cc1ccsc1CNCCSc1nnc2ccccn12. The smallest absolute Gasteiger partial charge is 0.195 e. The van der Waals surface area contributed by atoms with E-state index in [1.54, 1.807) is 11.8 Å². The molecule has 3 heterocycles. The summed E-state index contributed by atoms with van der Waals surface area (Å²) in [7, 11) is 0. The highest BCUT2D eigenvalue weighted by atomic mass is 32.2. The summed E-state index contributed by atoms with van der Waals surface area (Å²) in [6.45, 7) is 4.07. The molecular weight excluding hydrogens is 288 g/mol. The quantitative estimate of drug-likeness (QED) is 0.561. The predicted molar refractivity (Wildman–Crippen MR) is 84.5 cm³/mol. The summed E-state index contributed by atoms with van der Waals surface area (Å²) in [4.78, 5) is 1.42. The largest absolute Gasteiger partial charge is 0.311 e. The number of rotatable bonds is 6. The van der Waals surface area contributed by atoms with Gasteiger partial charge in [0, 0.05) is 29.9 Å². The van der Waals surface area contributed by atoms with Crippen LogP contribution >= 0.6 is 23.1 Å². The number of nitrogens with one attached hydrogen (secondary N) is 1. The number of nitrogens with zero attached hydrogens (tertiary/aromatic N) is 3. The highest BCUT2D eigenvalue weighted by Gasteiger charge is 2.04. The lowest BCUT2D eigenvalue weighted by Crippen LogP contribution is -2.16. The second-order valence-corrected chi connectivity index (χ2v) is 6.53. The van der Waals surface area contributed by atoms with Gasteiger partial charge in [0.15, 0.2) is 10.8 Å². The molecule has 0 spiro atoms. The molecule has 0 amide bonds. The highest BCUT2D eigenvalue weighted by molar-refractivity contribution is 7.99. The molecule has 104 valence electrons. The fourth-order valence-electron chi connectivity index (χ4n) is 1.92. The minimum Gasteiger partial charge on any atom is -0.311 e. The van der Waals surface area contributed by atoms with Gasteiger partial charge in [-0.25, -0.2) is 0 Å². The Labute approximate surface area is 126 Å². The van der Waals surface area contributed by atoms with Gasteiger partial charge in [0.25, 0.3) is 0 Å². The standard InChI is InChI=1S/C14H16N4S2/c1-11-5-8-19-12(11)10-15-6-9-20-14-17-16-13-4-2-3-7-18(13)14/h2-5,7-8,15H,6,9-10H2,1H3. The monoisotopic (exact) mass is 304 g/mol. The van der Waals surface area contributed by atoms with Crippen LogP contribution in [-0.2, 0) is 6.54 Å². The normalized spacial score (nSPS) is 11.2. The first-order valence-corrected chi connectivity index (χ1v) is 8.37. The molecule has 0 fully saturated rings. The minimum absolute atomic E-state index is 0.900. The van der Waals surface area contributed by atoms with Gasteiger partial charge < -0.3 is 5.32 Å². The van der Waals surface area contributed by atoms with Crippen molar-refractivity contribution in [2.24, 2.45) is 0 Å². The Morgan fingerprint density at radius 3 is 3.10 bits per heavy atom. The van der Waals surface area contributed by atoms with E-state index in [0.29, 0.717) is 0 Å². The van der Waals surface area contributed by atoms with E-state index in [4.69, 9.17) is 0 Å². The average molecular weight is 304 g/mol. The van der Waals surface area contributed by atoms with Crippen molar-refractivity contribution in [1.82, 2.24) is 19.9 Å². The first-order chi connectivity index (χ1) is 9.84. The second kappa shape index (κ2) is 6.39. The molecule has 4 nitrogen and oxygen atoms in total. The molecule has 3 aromatic heterocycles. The third-order valence-corrected chi connectivity index (χ3v) is 5.01. The fourth-order valence-corrected chi connectivity index (χ4v) is 3.62. The van der Waals surface area contributed by atoms with E-state index in [1.807, 2.05) is 40.1 Å². The van der Waals surface area contributed by atoms with Crippen LogP contribution in [0.5, 0.6) is 0 Å². The predicted octanol–water partition coefficient (Wildman–Crippen LogP) is 2.98. The van der Waals surface area contributed by atoms with E-state index in [1.165, 1.54) is 10.4 Å². The molecule has 0 aliphatic heterocycles. The summed E-state index contributed by atoms with van der Waals surface area (Å²) in [6, 6.07) is 8.11. The van der Waals surface area contributed by atoms with E-state index in [9.17, 15) is 0 Å². The first kappa shape index (κ1) is 13.6. The van der Waals surface area contributed by atoms with Gasteiger partial charge >= 0.3 is 0 Å². The second-order valence-electron chi connectivity index (χ2n) is 4.46. The number of aromatic nitrogens is 3. The topological polar surface area (TPSA) is 42.2 Å². The van der Waals surface area contributed by atoms with Crippen LogP contribution in [0, 0.1) is 6.92 Å². The molecular formula is C14H16N4S2. The van der Waals surface area contributed by atoms with Crippen molar-refractivity contribution in [3.8, 4) is 0 Å². The molecule has 0 saturated carbocycles. The summed E-state index contributed by atoms with van der Waals surface area (Å²) in [5, 5.41) is 14.9. The van der Waals surface area contributed by atoms with E-state index < -0.39 is 0 Å². The Morgan fingerprint density at radius 1 is 1.30 bits per heavy atom. The van der Waals surface area contributed by atoms with E-state index in [0.717, 1.165) is 29.6 Å². The van der Waals surface area contributed by atoms with Crippen LogP contribution in [0.4, 0.5) is 0 Å². The maximum Gasteiger partial charge on any atom is 0.195 e. The Morgan fingerprint density at radius 2 is 2.25 bits per heavy atom. The Kier molecular flexibility index (Phi) is 4.34. The van der Waals surface area contributed by atoms with Crippen molar-refractivity contribution in [3.63, 3.8) is 0 Å². The molecule has 0 saturated heterocycles. The van der Waals surface area contributed by atoms with Gasteiger partial charge in [-0.15, -0.1) is 21.5 Å². The van der Waals surface area contributed by atoms with Gasteiger partial charge in [-0.1, -0.05) is 17.8 Å². The number of pyridine rings is 1. The molecule has 20 heavy (non-hydrogen) atoms. The molecule has 0 aromatic carbocycles. The summed E-state index contributed by atoms with van der Waals surface area (Å²) < 4.78 is 2.02. The van der Waals surface area contributed by atoms with Gasteiger partial charge in [-0.05, 0) is 36.1 Å². The maximum absolute atomic E-state index is 4.21. The van der Waals surface area contributed by atoms with Gasteiger partial charge in [0.05, 0.1) is 0 Å². The lowest BCUT2D eigenvalue weighted by Gasteiger charge is -2.03. The molecule has 3 rings (SSSR count). The van der Waals surface area contributed by atoms with Crippen molar-refractivity contribution in [2.45, 2.75) is 18.6 Å². The Bertz CT molecular complexity index is 689. The van der Waals surface area contributed by atoms with E-state index in [-0.39, 0.29) is 0 Å². The van der Waals surface area contributed by atoms with Gasteiger partial charge in [0.1, 0.15) is 0 Å². The van der Waals surface area contributed by atoms with Crippen molar-refractivity contribution in [2.75, 3.05) is 12.3 Å². The van der Waals surface area contributed by atoms with Crippen LogP contribution in [0.2, 0.25) is 0 Å². The van der Waals surface area contributed by atoms with E-state index in [2.05, 4.69) is 33.9 Å². The molecule has 0 bridgehead atoms. The number of hydrogen-bond donors (Lipinski definition) is 1. The van der Waals surface area contributed by atoms with Crippen LogP contribution in [0.15, 0.2) is 41.0 Å². The molecule has 0 aliphatic rings. The Hall–Kier alpha value is -1.37. The van der Waals surface area contributed by atoms with Crippen molar-refractivity contribution < 1.29 is 0 Å². The van der Waals surface area contributed by atoms with Crippen LogP contribution in [0.25, 0.3) is 5.65 Å². The molecule has 0 unspecified atom stereocenters. The molecule has 3 aromatic rings. The van der Waals surface area contributed by atoms with Gasteiger partial charge in [-0.3, -0.25) is 4.40 Å².